The van der Waals surface area contributed by atoms with Gasteiger partial charge in [-0.1, -0.05) is 76.6 Å². The maximum atomic E-state index is 7.03. The number of fused-ring (bicyclic) bond motifs is 5. The van der Waals surface area contributed by atoms with Gasteiger partial charge in [-0.3, -0.25) is 0 Å². The second-order valence-electron chi connectivity index (χ2n) is 12.2. The van der Waals surface area contributed by atoms with Crippen molar-refractivity contribution in [3.63, 3.8) is 0 Å². The Morgan fingerprint density at radius 1 is 0.861 bits per heavy atom. The van der Waals surface area contributed by atoms with Crippen LogP contribution in [0.2, 0.25) is 0 Å². The summed E-state index contributed by atoms with van der Waals surface area (Å²) in [5, 5.41) is 7.73. The normalized spacial score (nSPS) is 13.0. The first-order chi connectivity index (χ1) is 17.0. The van der Waals surface area contributed by atoms with Crippen LogP contribution in [-0.2, 0) is 13.5 Å². The van der Waals surface area contributed by atoms with E-state index in [-0.39, 0.29) is 5.41 Å². The van der Waals surface area contributed by atoms with Gasteiger partial charge in [-0.25, -0.2) is 4.57 Å². The quantitative estimate of drug-likeness (QED) is 0.180. The summed E-state index contributed by atoms with van der Waals surface area (Å²) in [7, 11) is 2.17. The topological polar surface area (TPSA) is 13.1 Å². The van der Waals surface area contributed by atoms with Crippen molar-refractivity contribution in [3.8, 4) is 22.8 Å². The van der Waals surface area contributed by atoms with E-state index in [0.717, 1.165) is 17.9 Å². The van der Waals surface area contributed by atoms with Gasteiger partial charge in [0.1, 0.15) is 18.5 Å². The average Bonchev–Trinajstić information content (AvgIpc) is 2.81. The fraction of sp³-hybridized carbons (Fsp3) is 0.324. The van der Waals surface area contributed by atoms with Crippen molar-refractivity contribution in [1.29, 1.82) is 0 Å². The number of rotatable bonds is 2. The SMILES string of the molecule is Cc1ccc2c(CC(C)(C)C)c3c(c(C)c2c1)-c1c2c(cc4c(C(C)C)cccc4c2cc[n+]1C)O3. The molecule has 2 heteroatoms. The maximum Gasteiger partial charge on any atom is 0.228 e. The van der Waals surface area contributed by atoms with Crippen molar-refractivity contribution in [2.24, 2.45) is 12.5 Å². The lowest BCUT2D eigenvalue weighted by atomic mass is 9.81. The zero-order valence-electron chi connectivity index (χ0n) is 22.8. The number of hydrogen-bond acceptors (Lipinski definition) is 1. The van der Waals surface area contributed by atoms with Crippen molar-refractivity contribution in [2.45, 2.75) is 60.8 Å². The number of aryl methyl sites for hydroxylation is 3. The highest BCUT2D eigenvalue weighted by Crippen LogP contribution is 2.53. The summed E-state index contributed by atoms with van der Waals surface area (Å²) in [6, 6.07) is 18.2. The molecule has 5 aromatic rings. The number of nitrogens with zero attached hydrogens (tertiary/aromatic N) is 1. The zero-order chi connectivity index (χ0) is 25.5. The molecule has 2 nitrogen and oxygen atoms in total. The number of hydrogen-bond donors (Lipinski definition) is 0. The molecule has 6 rings (SSSR count). The van der Waals surface area contributed by atoms with Gasteiger partial charge in [0.2, 0.25) is 5.69 Å². The van der Waals surface area contributed by atoms with Crippen LogP contribution in [-0.4, -0.2) is 0 Å². The third-order valence-corrected chi connectivity index (χ3v) is 7.83. The van der Waals surface area contributed by atoms with Crippen molar-refractivity contribution in [2.75, 3.05) is 0 Å². The number of aromatic nitrogens is 1. The van der Waals surface area contributed by atoms with Crippen LogP contribution < -0.4 is 9.30 Å². The molecule has 0 aliphatic carbocycles. The van der Waals surface area contributed by atoms with E-state index in [9.17, 15) is 0 Å². The highest BCUT2D eigenvalue weighted by Gasteiger charge is 2.34. The lowest BCUT2D eigenvalue weighted by Gasteiger charge is -2.28. The summed E-state index contributed by atoms with van der Waals surface area (Å²) in [5.41, 5.74) is 7.91. The van der Waals surface area contributed by atoms with Gasteiger partial charge < -0.3 is 4.74 Å². The molecule has 1 aliphatic heterocycles. The Balaban J connectivity index is 1.81. The van der Waals surface area contributed by atoms with E-state index in [2.05, 4.69) is 115 Å². The Morgan fingerprint density at radius 2 is 1.64 bits per heavy atom. The van der Waals surface area contributed by atoms with Gasteiger partial charge in [0.25, 0.3) is 0 Å². The second kappa shape index (κ2) is 7.80. The lowest BCUT2D eigenvalue weighted by Crippen LogP contribution is -2.32. The molecule has 0 amide bonds. The third kappa shape index (κ3) is 3.34. The minimum atomic E-state index is 0.132. The van der Waals surface area contributed by atoms with Gasteiger partial charge in [0, 0.05) is 17.0 Å². The molecule has 0 bridgehead atoms. The largest absolute Gasteiger partial charge is 0.455 e. The van der Waals surface area contributed by atoms with E-state index in [1.165, 1.54) is 65.8 Å². The molecule has 0 unspecified atom stereocenters. The first-order valence-corrected chi connectivity index (χ1v) is 13.2. The van der Waals surface area contributed by atoms with Gasteiger partial charge >= 0.3 is 0 Å². The first kappa shape index (κ1) is 23.0. The minimum Gasteiger partial charge on any atom is -0.455 e. The second-order valence-corrected chi connectivity index (χ2v) is 12.2. The van der Waals surface area contributed by atoms with Crippen LogP contribution >= 0.6 is 0 Å². The van der Waals surface area contributed by atoms with E-state index in [1.807, 2.05) is 0 Å². The molecule has 36 heavy (non-hydrogen) atoms. The highest BCUT2D eigenvalue weighted by molar-refractivity contribution is 6.16. The number of ether oxygens (including phenoxy) is 1. The molecule has 0 radical (unpaired) electrons. The fourth-order valence-electron chi connectivity index (χ4n) is 6.21. The standard InChI is InChI=1S/C34H36NO/c1-19(2)22-10-9-11-23-25-14-15-35(8)32-30-21(4)26-16-20(3)12-13-24(26)28(18-34(5,6)7)33(30)36-29(31(25)32)17-27(22)23/h9-17,19H,18H2,1-8H3/q+1. The molecular formula is C34H36NO+. The highest BCUT2D eigenvalue weighted by atomic mass is 16.5. The van der Waals surface area contributed by atoms with E-state index in [1.54, 1.807) is 0 Å². The van der Waals surface area contributed by atoms with E-state index in [4.69, 9.17) is 4.74 Å². The zero-order valence-corrected chi connectivity index (χ0v) is 22.8. The Bertz CT molecular complexity index is 1720. The Labute approximate surface area is 214 Å². The van der Waals surface area contributed by atoms with Crippen molar-refractivity contribution < 1.29 is 9.30 Å². The summed E-state index contributed by atoms with van der Waals surface area (Å²) < 4.78 is 9.32. The minimum absolute atomic E-state index is 0.132. The molecule has 0 N–H and O–H groups in total. The van der Waals surface area contributed by atoms with Gasteiger partial charge in [-0.15, -0.1) is 0 Å². The molecule has 182 valence electrons. The Morgan fingerprint density at radius 3 is 2.36 bits per heavy atom. The van der Waals surface area contributed by atoms with E-state index >= 15 is 0 Å². The molecule has 0 saturated heterocycles. The lowest BCUT2D eigenvalue weighted by molar-refractivity contribution is -0.659. The van der Waals surface area contributed by atoms with Crippen LogP contribution in [0.25, 0.3) is 43.6 Å². The smallest absolute Gasteiger partial charge is 0.228 e. The Hall–Kier alpha value is -3.39. The molecule has 0 saturated carbocycles. The summed E-state index contributed by atoms with van der Waals surface area (Å²) in [6.45, 7) is 16.0. The van der Waals surface area contributed by atoms with E-state index in [0.29, 0.717) is 5.92 Å². The van der Waals surface area contributed by atoms with E-state index < -0.39 is 0 Å². The summed E-state index contributed by atoms with van der Waals surface area (Å²) in [6.07, 6.45) is 3.18. The Kier molecular flexibility index (Phi) is 4.99. The molecule has 4 aromatic carbocycles. The van der Waals surface area contributed by atoms with Crippen LogP contribution in [0.1, 0.15) is 62.8 Å². The average molecular weight is 475 g/mol. The van der Waals surface area contributed by atoms with Gasteiger partial charge in [0.05, 0.1) is 10.9 Å². The van der Waals surface area contributed by atoms with Gasteiger partial charge in [-0.2, -0.15) is 0 Å². The molecule has 0 fully saturated rings. The summed E-state index contributed by atoms with van der Waals surface area (Å²) >= 11 is 0. The summed E-state index contributed by atoms with van der Waals surface area (Å²) in [4.78, 5) is 0. The van der Waals surface area contributed by atoms with Crippen molar-refractivity contribution >= 4 is 32.3 Å². The molecule has 0 atom stereocenters. The van der Waals surface area contributed by atoms with Crippen LogP contribution in [0.5, 0.6) is 11.5 Å². The summed E-state index contributed by atoms with van der Waals surface area (Å²) in [5.74, 6) is 2.46. The van der Waals surface area contributed by atoms with Crippen LogP contribution in [0.4, 0.5) is 0 Å². The molecule has 1 aromatic heterocycles. The monoisotopic (exact) mass is 474 g/mol. The molecular weight excluding hydrogens is 438 g/mol. The van der Waals surface area contributed by atoms with Gasteiger partial charge in [0.15, 0.2) is 6.20 Å². The molecule has 0 spiro atoms. The van der Waals surface area contributed by atoms with Gasteiger partial charge in [-0.05, 0) is 70.3 Å². The predicted molar refractivity (Wildman–Crippen MR) is 152 cm³/mol. The van der Waals surface area contributed by atoms with Crippen molar-refractivity contribution in [3.05, 3.63) is 77.0 Å². The fourth-order valence-corrected chi connectivity index (χ4v) is 6.21. The molecule has 2 heterocycles. The maximum absolute atomic E-state index is 7.03. The van der Waals surface area contributed by atoms with Crippen LogP contribution in [0.3, 0.4) is 0 Å². The number of pyridine rings is 1. The van der Waals surface area contributed by atoms with Crippen molar-refractivity contribution in [1.82, 2.24) is 0 Å². The molecule has 1 aliphatic rings. The van der Waals surface area contributed by atoms with Crippen LogP contribution in [0.15, 0.2) is 54.7 Å². The van der Waals surface area contributed by atoms with Crippen LogP contribution in [0, 0.1) is 19.3 Å². The predicted octanol–water partition coefficient (Wildman–Crippen LogP) is 9.07. The number of benzene rings is 4. The third-order valence-electron chi connectivity index (χ3n) is 7.83. The first-order valence-electron chi connectivity index (χ1n) is 13.2.